The van der Waals surface area contributed by atoms with Gasteiger partial charge in [-0.3, -0.25) is 0 Å². The first-order valence-corrected chi connectivity index (χ1v) is 8.33. The average molecular weight is 430 g/mol. The molecular formula is C11H12Br3NS. The monoisotopic (exact) mass is 427 g/mol. The number of halogens is 3. The van der Waals surface area contributed by atoms with Crippen molar-refractivity contribution in [1.29, 1.82) is 0 Å². The van der Waals surface area contributed by atoms with E-state index in [1.807, 2.05) is 30.1 Å². The van der Waals surface area contributed by atoms with Crippen LogP contribution in [-0.2, 0) is 0 Å². The molecule has 0 aromatic carbocycles. The predicted molar refractivity (Wildman–Crippen MR) is 81.0 cm³/mol. The van der Waals surface area contributed by atoms with E-state index in [0.29, 0.717) is 5.25 Å². The summed E-state index contributed by atoms with van der Waals surface area (Å²) in [4.78, 5) is 4.33. The summed E-state index contributed by atoms with van der Waals surface area (Å²) in [6.07, 6.45) is 4.08. The van der Waals surface area contributed by atoms with Gasteiger partial charge in [0.05, 0.1) is 12.6 Å². The first-order chi connectivity index (χ1) is 7.43. The molecule has 0 radical (unpaired) electrons. The Morgan fingerprint density at radius 3 is 2.62 bits per heavy atom. The number of hydrogen-bond donors (Lipinski definition) is 0. The summed E-state index contributed by atoms with van der Waals surface area (Å²) in [6.45, 7) is 2.25. The third-order valence-corrected chi connectivity index (χ3v) is 8.08. The highest BCUT2D eigenvalue weighted by Crippen LogP contribution is 2.67. The number of nitrogens with zero attached hydrogens (tertiary/aromatic N) is 1. The summed E-state index contributed by atoms with van der Waals surface area (Å²) in [5.41, 5.74) is 0. The molecule has 1 heterocycles. The van der Waals surface area contributed by atoms with Crippen molar-refractivity contribution in [2.45, 2.75) is 37.6 Å². The Morgan fingerprint density at radius 1 is 1.44 bits per heavy atom. The molecule has 0 amide bonds. The molecule has 0 N–H and O–H groups in total. The van der Waals surface area contributed by atoms with Gasteiger partial charge in [-0.1, -0.05) is 60.8 Å². The van der Waals surface area contributed by atoms with Gasteiger partial charge in [0.2, 0.25) is 0 Å². The molecule has 2 atom stereocenters. The van der Waals surface area contributed by atoms with E-state index in [0.717, 1.165) is 17.9 Å². The second kappa shape index (κ2) is 4.90. The maximum Gasteiger partial charge on any atom is 0.0972 e. The van der Waals surface area contributed by atoms with E-state index in [1.165, 1.54) is 0 Å². The molecule has 88 valence electrons. The Hall–Kier alpha value is 0.940. The molecule has 5 heteroatoms. The van der Waals surface area contributed by atoms with Crippen molar-refractivity contribution < 1.29 is 0 Å². The van der Waals surface area contributed by atoms with Crippen LogP contribution in [0.5, 0.6) is 0 Å². The molecule has 2 unspecified atom stereocenters. The smallest absolute Gasteiger partial charge is 0.0972 e. The molecule has 2 rings (SSSR count). The molecule has 0 aliphatic heterocycles. The normalized spacial score (nSPS) is 28.8. The van der Waals surface area contributed by atoms with Gasteiger partial charge in [-0.25, -0.2) is 4.98 Å². The van der Waals surface area contributed by atoms with E-state index in [4.69, 9.17) is 0 Å². The summed E-state index contributed by atoms with van der Waals surface area (Å²) < 4.78 is 0.285. The zero-order chi connectivity index (χ0) is 11.8. The summed E-state index contributed by atoms with van der Waals surface area (Å²) >= 11 is 13.0. The fourth-order valence-electron chi connectivity index (χ4n) is 1.65. The minimum absolute atomic E-state index is 0.0892. The SMILES string of the molecule is CC(CC1(Br)CC1(Br)Br)Sc1ccccn1. The van der Waals surface area contributed by atoms with Crippen LogP contribution in [0, 0.1) is 0 Å². The average Bonchev–Trinajstić information content (AvgIpc) is 2.65. The van der Waals surface area contributed by atoms with Crippen LogP contribution < -0.4 is 0 Å². The van der Waals surface area contributed by atoms with Crippen molar-refractivity contribution in [1.82, 2.24) is 4.98 Å². The third kappa shape index (κ3) is 3.03. The minimum atomic E-state index is 0.0892. The molecule has 0 spiro atoms. The Morgan fingerprint density at radius 2 is 2.12 bits per heavy atom. The maximum atomic E-state index is 4.33. The van der Waals surface area contributed by atoms with Crippen molar-refractivity contribution in [2.24, 2.45) is 0 Å². The zero-order valence-electron chi connectivity index (χ0n) is 8.79. The molecule has 1 nitrogen and oxygen atoms in total. The van der Waals surface area contributed by atoms with E-state index < -0.39 is 0 Å². The van der Waals surface area contributed by atoms with Crippen molar-refractivity contribution in [3.63, 3.8) is 0 Å². The highest BCUT2D eigenvalue weighted by Gasteiger charge is 2.63. The largest absolute Gasteiger partial charge is 0.250 e. The molecule has 1 aliphatic rings. The molecule has 0 bridgehead atoms. The first kappa shape index (κ1) is 13.4. The summed E-state index contributed by atoms with van der Waals surface area (Å²) in [6, 6.07) is 6.04. The Labute approximate surface area is 126 Å². The van der Waals surface area contributed by atoms with Gasteiger partial charge in [0.25, 0.3) is 0 Å². The number of aromatic nitrogens is 1. The van der Waals surface area contributed by atoms with Crippen molar-refractivity contribution in [3.05, 3.63) is 24.4 Å². The van der Waals surface area contributed by atoms with Gasteiger partial charge in [-0.05, 0) is 25.0 Å². The minimum Gasteiger partial charge on any atom is -0.250 e. The fraction of sp³-hybridized carbons (Fsp3) is 0.545. The quantitative estimate of drug-likeness (QED) is 0.494. The van der Waals surface area contributed by atoms with Gasteiger partial charge in [0, 0.05) is 11.4 Å². The van der Waals surface area contributed by atoms with Gasteiger partial charge in [0.1, 0.15) is 0 Å². The Bertz CT molecular complexity index is 371. The topological polar surface area (TPSA) is 12.9 Å². The van der Waals surface area contributed by atoms with Crippen LogP contribution in [0.1, 0.15) is 19.8 Å². The second-order valence-corrected chi connectivity index (χ2v) is 10.9. The molecular weight excluding hydrogens is 418 g/mol. The van der Waals surface area contributed by atoms with Crippen LogP contribution in [0.4, 0.5) is 0 Å². The zero-order valence-corrected chi connectivity index (χ0v) is 14.4. The highest BCUT2D eigenvalue weighted by atomic mass is 79.9. The molecule has 1 aromatic heterocycles. The number of alkyl halides is 3. The lowest BCUT2D eigenvalue weighted by Gasteiger charge is -2.16. The van der Waals surface area contributed by atoms with Crippen LogP contribution in [-0.4, -0.2) is 17.8 Å². The molecule has 0 saturated heterocycles. The first-order valence-electron chi connectivity index (χ1n) is 5.07. The van der Waals surface area contributed by atoms with Crippen molar-refractivity contribution in [3.8, 4) is 0 Å². The lowest BCUT2D eigenvalue weighted by molar-refractivity contribution is 0.772. The summed E-state index contributed by atoms with van der Waals surface area (Å²) in [7, 11) is 0. The van der Waals surface area contributed by atoms with E-state index in [-0.39, 0.29) is 7.56 Å². The van der Waals surface area contributed by atoms with Crippen LogP contribution in [0.2, 0.25) is 0 Å². The maximum absolute atomic E-state index is 4.33. The lowest BCUT2D eigenvalue weighted by atomic mass is 10.2. The molecule has 1 saturated carbocycles. The van der Waals surface area contributed by atoms with Crippen molar-refractivity contribution in [2.75, 3.05) is 0 Å². The molecule has 16 heavy (non-hydrogen) atoms. The van der Waals surface area contributed by atoms with Crippen LogP contribution in [0.3, 0.4) is 0 Å². The van der Waals surface area contributed by atoms with Gasteiger partial charge >= 0.3 is 0 Å². The van der Waals surface area contributed by atoms with Gasteiger partial charge < -0.3 is 0 Å². The van der Waals surface area contributed by atoms with Crippen LogP contribution >= 0.6 is 59.6 Å². The summed E-state index contributed by atoms with van der Waals surface area (Å²) in [5.74, 6) is 0. The number of hydrogen-bond acceptors (Lipinski definition) is 2. The highest BCUT2D eigenvalue weighted by molar-refractivity contribution is 9.26. The van der Waals surface area contributed by atoms with Crippen LogP contribution in [0.25, 0.3) is 0 Å². The van der Waals surface area contributed by atoms with Gasteiger partial charge in [-0.2, -0.15) is 0 Å². The van der Waals surface area contributed by atoms with Crippen molar-refractivity contribution >= 4 is 59.6 Å². The Balaban J connectivity index is 1.89. The number of thioether (sulfide) groups is 1. The summed E-state index contributed by atoms with van der Waals surface area (Å²) in [5, 5.41) is 1.65. The van der Waals surface area contributed by atoms with Gasteiger partial charge in [-0.15, -0.1) is 11.8 Å². The third-order valence-electron chi connectivity index (χ3n) is 2.60. The van der Waals surface area contributed by atoms with E-state index in [2.05, 4.69) is 65.8 Å². The number of pyridine rings is 1. The fourth-order valence-corrected chi connectivity index (χ4v) is 5.86. The molecule has 1 aromatic rings. The Kier molecular flexibility index (Phi) is 4.10. The van der Waals surface area contributed by atoms with E-state index in [1.54, 1.807) is 0 Å². The van der Waals surface area contributed by atoms with E-state index in [9.17, 15) is 0 Å². The number of rotatable bonds is 4. The molecule has 1 aliphatic carbocycles. The lowest BCUT2D eigenvalue weighted by Crippen LogP contribution is -2.13. The second-order valence-electron chi connectivity index (χ2n) is 4.15. The van der Waals surface area contributed by atoms with Gasteiger partial charge in [0.15, 0.2) is 0 Å². The molecule has 1 fully saturated rings. The standard InChI is InChI=1S/C11H12Br3NS/c1-8(6-10(12)7-11(10,13)14)16-9-4-2-3-5-15-9/h2-5,8H,6-7H2,1H3. The predicted octanol–water partition coefficient (Wildman–Crippen LogP) is 4.98. The van der Waals surface area contributed by atoms with E-state index >= 15 is 0 Å². The van der Waals surface area contributed by atoms with Crippen LogP contribution in [0.15, 0.2) is 29.4 Å².